The van der Waals surface area contributed by atoms with E-state index in [2.05, 4.69) is 13.2 Å². The maximum Gasteiger partial charge on any atom is 0.338 e. The first-order chi connectivity index (χ1) is 24.2. The molecule has 10 nitrogen and oxygen atoms in total. The molecule has 0 amide bonds. The zero-order chi connectivity index (χ0) is 35.4. The maximum absolute atomic E-state index is 14.4. The van der Waals surface area contributed by atoms with Gasteiger partial charge in [-0.25, -0.2) is 19.3 Å². The highest BCUT2D eigenvalue weighted by Gasteiger charge is 2.33. The number of aryl methyl sites for hydroxylation is 1. The molecule has 1 aliphatic heterocycles. The minimum absolute atomic E-state index is 0.0109. The highest BCUT2D eigenvalue weighted by molar-refractivity contribution is 7.07. The second-order valence-corrected chi connectivity index (χ2v) is 12.4. The van der Waals surface area contributed by atoms with E-state index in [1.54, 1.807) is 48.0 Å². The Morgan fingerprint density at radius 2 is 1.70 bits per heavy atom. The lowest BCUT2D eigenvalue weighted by molar-refractivity contribution is -0.138. The van der Waals surface area contributed by atoms with Crippen LogP contribution in [0, 0.1) is 6.92 Å². The van der Waals surface area contributed by atoms with Gasteiger partial charge in [-0.1, -0.05) is 67.0 Å². The van der Waals surface area contributed by atoms with Gasteiger partial charge in [-0.2, -0.15) is 5.10 Å². The predicted molar refractivity (Wildman–Crippen MR) is 192 cm³/mol. The number of para-hydroxylation sites is 1. The maximum atomic E-state index is 14.4. The molecule has 1 atom stereocenters. The monoisotopic (exact) mass is 686 g/mol. The van der Waals surface area contributed by atoms with E-state index in [0.717, 1.165) is 22.6 Å². The van der Waals surface area contributed by atoms with Crippen LogP contribution in [0.4, 0.5) is 0 Å². The van der Waals surface area contributed by atoms with E-state index in [1.165, 1.54) is 29.1 Å². The second kappa shape index (κ2) is 14.6. The number of esters is 2. The van der Waals surface area contributed by atoms with E-state index in [9.17, 15) is 14.4 Å². The lowest BCUT2D eigenvalue weighted by Crippen LogP contribution is -2.40. The number of aromatic nitrogens is 3. The smallest absolute Gasteiger partial charge is 0.338 e. The molecule has 0 spiro atoms. The lowest BCUT2D eigenvalue weighted by atomic mass is 9.95. The van der Waals surface area contributed by atoms with E-state index in [0.29, 0.717) is 44.0 Å². The normalized spacial score (nSPS) is 14.1. The fraction of sp³-hybridized carbons (Fsp3) is 0.154. The second-order valence-electron chi connectivity index (χ2n) is 11.4. The molecule has 6 rings (SSSR count). The van der Waals surface area contributed by atoms with E-state index in [-0.39, 0.29) is 17.7 Å². The van der Waals surface area contributed by atoms with Crippen molar-refractivity contribution < 1.29 is 23.8 Å². The molecule has 1 aliphatic rings. The Labute approximate surface area is 292 Å². The number of rotatable bonds is 11. The molecule has 5 aromatic rings. The molecule has 11 heteroatoms. The lowest BCUT2D eigenvalue weighted by Gasteiger charge is -2.24. The molecule has 0 fully saturated rings. The van der Waals surface area contributed by atoms with E-state index >= 15 is 0 Å². The standard InChI is InChI=1S/C39H34N4O6S/c1-6-19-48-31-18-17-28(21-24(31)3)34-29(23-42(41-34)30-11-9-8-10-12-30)22-32-36(44)43-35(26-13-15-27(16-14-26)37(45)47-5)33(38(46)49-20-7-2)25(4)40-39(43)50-32/h6-18,21-23,35H,1-2,19-20H2,3-5H3/b32-22-. The van der Waals surface area contributed by atoms with Crippen LogP contribution in [0.25, 0.3) is 23.0 Å². The van der Waals surface area contributed by atoms with E-state index in [4.69, 9.17) is 24.3 Å². The molecule has 50 heavy (non-hydrogen) atoms. The van der Waals surface area contributed by atoms with Crippen molar-refractivity contribution in [3.63, 3.8) is 0 Å². The van der Waals surface area contributed by atoms with Gasteiger partial charge in [0.05, 0.1) is 40.2 Å². The third kappa shape index (κ3) is 6.63. The number of carbonyl (C=O) groups is 2. The zero-order valence-corrected chi connectivity index (χ0v) is 28.6. The zero-order valence-electron chi connectivity index (χ0n) is 27.8. The summed E-state index contributed by atoms with van der Waals surface area (Å²) >= 11 is 1.21. The van der Waals surface area contributed by atoms with Crippen LogP contribution in [-0.4, -0.2) is 46.6 Å². The molecule has 0 aliphatic carbocycles. The Kier molecular flexibility index (Phi) is 9.87. The van der Waals surface area contributed by atoms with Crippen LogP contribution in [0.1, 0.15) is 40.0 Å². The number of benzene rings is 3. The van der Waals surface area contributed by atoms with Crippen molar-refractivity contribution in [2.45, 2.75) is 19.9 Å². The summed E-state index contributed by atoms with van der Waals surface area (Å²) in [4.78, 5) is 45.1. The average molecular weight is 687 g/mol. The highest BCUT2D eigenvalue weighted by Crippen LogP contribution is 2.32. The summed E-state index contributed by atoms with van der Waals surface area (Å²) in [6.45, 7) is 11.4. The first kappa shape index (κ1) is 33.8. The Morgan fingerprint density at radius 3 is 2.38 bits per heavy atom. The van der Waals surface area contributed by atoms with Crippen molar-refractivity contribution in [1.29, 1.82) is 0 Å². The van der Waals surface area contributed by atoms with Gasteiger partial charge in [0, 0.05) is 17.3 Å². The van der Waals surface area contributed by atoms with Crippen molar-refractivity contribution in [1.82, 2.24) is 14.3 Å². The number of ether oxygens (including phenoxy) is 3. The van der Waals surface area contributed by atoms with Gasteiger partial charge in [0.1, 0.15) is 24.7 Å². The summed E-state index contributed by atoms with van der Waals surface area (Å²) < 4.78 is 19.8. The summed E-state index contributed by atoms with van der Waals surface area (Å²) in [6, 6.07) is 21.2. The third-order valence-electron chi connectivity index (χ3n) is 8.08. The Hall–Kier alpha value is -6.07. The quantitative estimate of drug-likeness (QED) is 0.134. The van der Waals surface area contributed by atoms with Crippen LogP contribution in [0.15, 0.2) is 125 Å². The van der Waals surface area contributed by atoms with Gasteiger partial charge >= 0.3 is 11.9 Å². The summed E-state index contributed by atoms with van der Waals surface area (Å²) in [5.41, 5.74) is 5.20. The molecule has 3 aromatic carbocycles. The van der Waals surface area contributed by atoms with Gasteiger partial charge in [0.15, 0.2) is 4.80 Å². The highest BCUT2D eigenvalue weighted by atomic mass is 32.1. The van der Waals surface area contributed by atoms with Crippen molar-refractivity contribution in [3.05, 3.63) is 158 Å². The molecular formula is C39H34N4O6S. The summed E-state index contributed by atoms with van der Waals surface area (Å²) in [5.74, 6) is -0.382. The molecule has 0 saturated carbocycles. The molecule has 0 saturated heterocycles. The van der Waals surface area contributed by atoms with Crippen LogP contribution in [-0.2, 0) is 14.3 Å². The summed E-state index contributed by atoms with van der Waals surface area (Å²) in [7, 11) is 1.30. The van der Waals surface area contributed by atoms with Gasteiger partial charge in [-0.05, 0) is 73.5 Å². The predicted octanol–water partition coefficient (Wildman–Crippen LogP) is 5.48. The van der Waals surface area contributed by atoms with Crippen molar-refractivity contribution in [3.8, 4) is 22.7 Å². The van der Waals surface area contributed by atoms with Crippen molar-refractivity contribution in [2.75, 3.05) is 20.3 Å². The van der Waals surface area contributed by atoms with Gasteiger partial charge in [0.25, 0.3) is 5.56 Å². The Morgan fingerprint density at radius 1 is 0.960 bits per heavy atom. The topological polar surface area (TPSA) is 114 Å². The molecule has 0 radical (unpaired) electrons. The van der Waals surface area contributed by atoms with Crippen LogP contribution in [0.3, 0.4) is 0 Å². The molecule has 3 heterocycles. The van der Waals surface area contributed by atoms with Crippen LogP contribution < -0.4 is 19.6 Å². The minimum atomic E-state index is -0.866. The molecule has 0 bridgehead atoms. The van der Waals surface area contributed by atoms with Crippen LogP contribution in [0.5, 0.6) is 5.75 Å². The fourth-order valence-electron chi connectivity index (χ4n) is 5.71. The number of thiazole rings is 1. The van der Waals surface area contributed by atoms with Crippen molar-refractivity contribution >= 4 is 29.4 Å². The number of methoxy groups -OCH3 is 1. The molecule has 252 valence electrons. The van der Waals surface area contributed by atoms with E-state index < -0.39 is 18.0 Å². The Bertz CT molecular complexity index is 2330. The number of fused-ring (bicyclic) bond motifs is 1. The largest absolute Gasteiger partial charge is 0.489 e. The fourth-order valence-corrected chi connectivity index (χ4v) is 6.75. The van der Waals surface area contributed by atoms with E-state index in [1.807, 2.05) is 61.7 Å². The number of hydrogen-bond donors (Lipinski definition) is 0. The van der Waals surface area contributed by atoms with Crippen LogP contribution in [0.2, 0.25) is 0 Å². The Balaban J connectivity index is 1.52. The number of carbonyl (C=O) groups excluding carboxylic acids is 2. The SMILES string of the molecule is C=CCOC(=O)C1=C(C)N=c2s/c(=C\c3cn(-c4ccccc4)nc3-c3ccc(OCC=C)c(C)c3)c(=O)n2C1c1ccc(C(=O)OC)cc1. The van der Waals surface area contributed by atoms with Gasteiger partial charge < -0.3 is 14.2 Å². The molecule has 2 aromatic heterocycles. The summed E-state index contributed by atoms with van der Waals surface area (Å²) in [6.07, 6.45) is 6.85. The van der Waals surface area contributed by atoms with Crippen molar-refractivity contribution in [2.24, 2.45) is 4.99 Å². The van der Waals surface area contributed by atoms with Crippen LogP contribution >= 0.6 is 11.3 Å². The average Bonchev–Trinajstić information content (AvgIpc) is 3.69. The minimum Gasteiger partial charge on any atom is -0.489 e. The first-order valence-electron chi connectivity index (χ1n) is 15.7. The third-order valence-corrected chi connectivity index (χ3v) is 9.06. The first-order valence-corrected chi connectivity index (χ1v) is 16.5. The van der Waals surface area contributed by atoms with Gasteiger partial charge in [-0.15, -0.1) is 0 Å². The molecule has 1 unspecified atom stereocenters. The molecule has 0 N–H and O–H groups in total. The number of hydrogen-bond acceptors (Lipinski definition) is 9. The number of allylic oxidation sites excluding steroid dienone is 1. The van der Waals surface area contributed by atoms with Gasteiger partial charge in [0.2, 0.25) is 0 Å². The van der Waals surface area contributed by atoms with Gasteiger partial charge in [-0.3, -0.25) is 9.36 Å². The number of nitrogens with zero attached hydrogens (tertiary/aromatic N) is 4. The summed E-state index contributed by atoms with van der Waals surface area (Å²) in [5, 5.41) is 4.94. The molecular weight excluding hydrogens is 653 g/mol.